The van der Waals surface area contributed by atoms with Gasteiger partial charge in [-0.2, -0.15) is 0 Å². The number of ether oxygens (including phenoxy) is 3. The van der Waals surface area contributed by atoms with E-state index in [0.717, 1.165) is 0 Å². The van der Waals surface area contributed by atoms with Crippen LogP contribution in [0.25, 0.3) is 0 Å². The lowest BCUT2D eigenvalue weighted by molar-refractivity contribution is 0.0526. The van der Waals surface area contributed by atoms with E-state index in [1.165, 1.54) is 43.5 Å². The molecule has 0 bridgehead atoms. The number of esters is 2. The Balaban J connectivity index is 2.25. The second-order valence-electron chi connectivity index (χ2n) is 4.60. The Morgan fingerprint density at radius 3 is 2.38 bits per heavy atom. The molecule has 2 rings (SSSR count). The summed E-state index contributed by atoms with van der Waals surface area (Å²) in [6, 6.07) is 8.81. The zero-order valence-electron chi connectivity index (χ0n) is 13.0. The minimum Gasteiger partial charge on any atom is -0.493 e. The first-order chi connectivity index (χ1) is 11.5. The van der Waals surface area contributed by atoms with E-state index in [-0.39, 0.29) is 34.3 Å². The van der Waals surface area contributed by atoms with Gasteiger partial charge in [0, 0.05) is 5.02 Å². The molecule has 0 aliphatic rings. The molecule has 24 heavy (non-hydrogen) atoms. The van der Waals surface area contributed by atoms with Gasteiger partial charge in [0.05, 0.1) is 29.9 Å². The molecular weight excluding hydrogens is 355 g/mol. The number of carbonyl (C=O) groups excluding carboxylic acids is 2. The lowest BCUT2D eigenvalue weighted by Gasteiger charge is -2.11. The molecule has 0 aliphatic carbocycles. The van der Waals surface area contributed by atoms with E-state index in [9.17, 15) is 9.59 Å². The third-order valence-electron chi connectivity index (χ3n) is 3.03. The molecule has 0 unspecified atom stereocenters. The third kappa shape index (κ3) is 4.19. The summed E-state index contributed by atoms with van der Waals surface area (Å²) in [6.45, 7) is 1.97. The predicted octanol–water partition coefficient (Wildman–Crippen LogP) is 4.40. The summed E-state index contributed by atoms with van der Waals surface area (Å²) in [7, 11) is 1.40. The van der Waals surface area contributed by atoms with Gasteiger partial charge in [-0.25, -0.2) is 9.59 Å². The number of benzene rings is 2. The Labute approximate surface area is 149 Å². The number of halogens is 2. The molecule has 0 spiro atoms. The quantitative estimate of drug-likeness (QED) is 0.578. The lowest BCUT2D eigenvalue weighted by Crippen LogP contribution is -2.11. The molecule has 5 nitrogen and oxygen atoms in total. The summed E-state index contributed by atoms with van der Waals surface area (Å²) >= 11 is 11.8. The van der Waals surface area contributed by atoms with Crippen LogP contribution in [0.5, 0.6) is 11.5 Å². The molecular formula is C17H14Cl2O5. The van der Waals surface area contributed by atoms with Gasteiger partial charge in [-0.1, -0.05) is 23.2 Å². The summed E-state index contributed by atoms with van der Waals surface area (Å²) in [6.07, 6.45) is 0. The number of hydrogen-bond acceptors (Lipinski definition) is 5. The fraction of sp³-hybridized carbons (Fsp3) is 0.176. The third-order valence-corrected chi connectivity index (χ3v) is 3.58. The van der Waals surface area contributed by atoms with Crippen molar-refractivity contribution in [2.24, 2.45) is 0 Å². The molecule has 2 aromatic rings. The molecule has 0 amide bonds. The maximum Gasteiger partial charge on any atom is 0.345 e. The van der Waals surface area contributed by atoms with Crippen molar-refractivity contribution >= 4 is 35.1 Å². The van der Waals surface area contributed by atoms with Crippen LogP contribution in [0.3, 0.4) is 0 Å². The second-order valence-corrected chi connectivity index (χ2v) is 5.44. The minimum atomic E-state index is -0.668. The number of rotatable bonds is 5. The van der Waals surface area contributed by atoms with E-state index in [1.54, 1.807) is 6.92 Å². The standard InChI is InChI=1S/C17H14Cl2O5/c1-3-23-16(20)10-4-7-14(15(8-10)22-2)24-17(21)12-6-5-11(18)9-13(12)19/h4-9H,3H2,1-2H3. The van der Waals surface area contributed by atoms with Crippen molar-refractivity contribution in [3.05, 3.63) is 57.6 Å². The number of methoxy groups -OCH3 is 1. The van der Waals surface area contributed by atoms with E-state index < -0.39 is 11.9 Å². The fourth-order valence-electron chi connectivity index (χ4n) is 1.90. The number of carbonyl (C=O) groups is 2. The van der Waals surface area contributed by atoms with Crippen LogP contribution in [0.4, 0.5) is 0 Å². The van der Waals surface area contributed by atoms with Crippen LogP contribution < -0.4 is 9.47 Å². The topological polar surface area (TPSA) is 61.8 Å². The van der Waals surface area contributed by atoms with Gasteiger partial charge in [0.1, 0.15) is 0 Å². The Bertz CT molecular complexity index is 774. The van der Waals surface area contributed by atoms with Crippen LogP contribution in [0.15, 0.2) is 36.4 Å². The van der Waals surface area contributed by atoms with Crippen molar-refractivity contribution in [1.82, 2.24) is 0 Å². The molecule has 0 saturated heterocycles. The van der Waals surface area contributed by atoms with Gasteiger partial charge >= 0.3 is 11.9 Å². The molecule has 0 aromatic heterocycles. The van der Waals surface area contributed by atoms with Gasteiger partial charge in [-0.05, 0) is 43.3 Å². The minimum absolute atomic E-state index is 0.154. The first-order valence-electron chi connectivity index (χ1n) is 6.98. The largest absolute Gasteiger partial charge is 0.493 e. The summed E-state index contributed by atoms with van der Waals surface area (Å²) < 4.78 is 15.4. The van der Waals surface area contributed by atoms with Crippen LogP contribution in [-0.4, -0.2) is 25.7 Å². The molecule has 0 fully saturated rings. The highest BCUT2D eigenvalue weighted by atomic mass is 35.5. The number of hydrogen-bond donors (Lipinski definition) is 0. The van der Waals surface area contributed by atoms with Crippen LogP contribution in [-0.2, 0) is 4.74 Å². The van der Waals surface area contributed by atoms with E-state index >= 15 is 0 Å². The van der Waals surface area contributed by atoms with Crippen LogP contribution in [0.2, 0.25) is 10.0 Å². The van der Waals surface area contributed by atoms with Crippen molar-refractivity contribution in [3.8, 4) is 11.5 Å². The fourth-order valence-corrected chi connectivity index (χ4v) is 2.39. The van der Waals surface area contributed by atoms with Crippen LogP contribution in [0.1, 0.15) is 27.6 Å². The predicted molar refractivity (Wildman–Crippen MR) is 90.4 cm³/mol. The summed E-state index contributed by atoms with van der Waals surface area (Å²) in [5, 5.41) is 0.586. The zero-order chi connectivity index (χ0) is 17.7. The molecule has 0 N–H and O–H groups in total. The highest BCUT2D eigenvalue weighted by Gasteiger charge is 2.17. The van der Waals surface area contributed by atoms with Gasteiger partial charge in [-0.3, -0.25) is 0 Å². The van der Waals surface area contributed by atoms with Gasteiger partial charge in [-0.15, -0.1) is 0 Å². The normalized spacial score (nSPS) is 10.2. The summed E-state index contributed by atoms with van der Waals surface area (Å²) in [4.78, 5) is 24.0. The zero-order valence-corrected chi connectivity index (χ0v) is 14.5. The maximum atomic E-state index is 12.2. The van der Waals surface area contributed by atoms with Gasteiger partial charge in [0.15, 0.2) is 11.5 Å². The van der Waals surface area contributed by atoms with Gasteiger partial charge in [0.25, 0.3) is 0 Å². The van der Waals surface area contributed by atoms with E-state index in [1.807, 2.05) is 0 Å². The molecule has 2 aromatic carbocycles. The molecule has 7 heteroatoms. The molecule has 126 valence electrons. The van der Waals surface area contributed by atoms with Crippen LogP contribution in [0, 0.1) is 0 Å². The summed E-state index contributed by atoms with van der Waals surface area (Å²) in [5.41, 5.74) is 0.454. The molecule has 0 atom stereocenters. The molecule has 0 radical (unpaired) electrons. The Kier molecular flexibility index (Phi) is 6.06. The van der Waals surface area contributed by atoms with Crippen molar-refractivity contribution in [2.45, 2.75) is 6.92 Å². The van der Waals surface area contributed by atoms with E-state index in [4.69, 9.17) is 37.4 Å². The first-order valence-corrected chi connectivity index (χ1v) is 7.74. The second kappa shape index (κ2) is 8.04. The molecule has 0 saturated carbocycles. The van der Waals surface area contributed by atoms with Gasteiger partial charge in [0.2, 0.25) is 0 Å². The monoisotopic (exact) mass is 368 g/mol. The van der Waals surface area contributed by atoms with Crippen molar-refractivity contribution in [3.63, 3.8) is 0 Å². The van der Waals surface area contributed by atoms with E-state index in [0.29, 0.717) is 5.02 Å². The highest BCUT2D eigenvalue weighted by Crippen LogP contribution is 2.30. The molecule has 0 aliphatic heterocycles. The Hall–Kier alpha value is -2.24. The molecule has 0 heterocycles. The smallest absolute Gasteiger partial charge is 0.345 e. The Morgan fingerprint density at radius 2 is 1.75 bits per heavy atom. The lowest BCUT2D eigenvalue weighted by atomic mass is 10.2. The van der Waals surface area contributed by atoms with E-state index in [2.05, 4.69) is 0 Å². The van der Waals surface area contributed by atoms with Crippen molar-refractivity contribution in [2.75, 3.05) is 13.7 Å². The summed E-state index contributed by atoms with van der Waals surface area (Å²) in [5.74, 6) is -0.783. The van der Waals surface area contributed by atoms with Gasteiger partial charge < -0.3 is 14.2 Å². The average molecular weight is 369 g/mol. The first kappa shape index (κ1) is 18.1. The maximum absolute atomic E-state index is 12.2. The SMILES string of the molecule is CCOC(=O)c1ccc(OC(=O)c2ccc(Cl)cc2Cl)c(OC)c1. The van der Waals surface area contributed by atoms with Crippen molar-refractivity contribution in [1.29, 1.82) is 0 Å². The highest BCUT2D eigenvalue weighted by molar-refractivity contribution is 6.36. The Morgan fingerprint density at radius 1 is 1.00 bits per heavy atom. The van der Waals surface area contributed by atoms with Crippen LogP contribution >= 0.6 is 23.2 Å². The average Bonchev–Trinajstić information content (AvgIpc) is 2.55. The van der Waals surface area contributed by atoms with Crippen molar-refractivity contribution < 1.29 is 23.8 Å².